The first-order valence-corrected chi connectivity index (χ1v) is 7.29. The van der Waals surface area contributed by atoms with Crippen LogP contribution in [0.25, 0.3) is 0 Å². The molecule has 5 nitrogen and oxygen atoms in total. The van der Waals surface area contributed by atoms with Gasteiger partial charge in [0.2, 0.25) is 0 Å². The molecule has 0 saturated carbocycles. The van der Waals surface area contributed by atoms with Crippen LogP contribution >= 0.6 is 11.6 Å². The largest absolute Gasteiger partial charge is 0.376 e. The van der Waals surface area contributed by atoms with E-state index in [9.17, 15) is 4.79 Å². The minimum atomic E-state index is -0.266. The van der Waals surface area contributed by atoms with Crippen LogP contribution in [0.3, 0.4) is 0 Å². The number of aromatic nitrogens is 3. The second-order valence-electron chi connectivity index (χ2n) is 5.40. The SMILES string of the molecule is CC(C)Cn1ncc(NC(C)c2ccncc2)c(Cl)c1=O. The van der Waals surface area contributed by atoms with Gasteiger partial charge in [0.25, 0.3) is 5.56 Å². The molecule has 0 aromatic carbocycles. The number of rotatable bonds is 5. The van der Waals surface area contributed by atoms with Crippen molar-refractivity contribution in [2.45, 2.75) is 33.4 Å². The molecule has 2 aromatic rings. The van der Waals surface area contributed by atoms with E-state index in [0.29, 0.717) is 18.2 Å². The molecule has 0 saturated heterocycles. The third-order valence-corrected chi connectivity index (χ3v) is 3.47. The number of pyridine rings is 1. The molecule has 0 bridgehead atoms. The highest BCUT2D eigenvalue weighted by atomic mass is 35.5. The van der Waals surface area contributed by atoms with Crippen molar-refractivity contribution >= 4 is 17.3 Å². The van der Waals surface area contributed by atoms with E-state index in [1.54, 1.807) is 18.6 Å². The maximum absolute atomic E-state index is 12.2. The molecule has 1 N–H and O–H groups in total. The van der Waals surface area contributed by atoms with Crippen molar-refractivity contribution in [1.82, 2.24) is 14.8 Å². The standard InChI is InChI=1S/C15H19ClN4O/c1-10(2)9-20-15(21)14(16)13(8-18-20)19-11(3)12-4-6-17-7-5-12/h4-8,10-11,19H,9H2,1-3H3. The first kappa shape index (κ1) is 15.5. The topological polar surface area (TPSA) is 59.8 Å². The summed E-state index contributed by atoms with van der Waals surface area (Å²) in [4.78, 5) is 16.1. The van der Waals surface area contributed by atoms with Crippen LogP contribution in [-0.2, 0) is 6.54 Å². The number of nitrogens with zero attached hydrogens (tertiary/aromatic N) is 3. The summed E-state index contributed by atoms with van der Waals surface area (Å²) in [5.74, 6) is 0.334. The lowest BCUT2D eigenvalue weighted by atomic mass is 10.1. The molecule has 21 heavy (non-hydrogen) atoms. The molecule has 1 unspecified atom stereocenters. The van der Waals surface area contributed by atoms with Crippen molar-refractivity contribution in [3.63, 3.8) is 0 Å². The third-order valence-electron chi connectivity index (χ3n) is 3.10. The summed E-state index contributed by atoms with van der Waals surface area (Å²) in [6, 6.07) is 3.84. The van der Waals surface area contributed by atoms with Crippen LogP contribution in [0.2, 0.25) is 5.02 Å². The van der Waals surface area contributed by atoms with Crippen LogP contribution in [0.4, 0.5) is 5.69 Å². The highest BCUT2D eigenvalue weighted by Crippen LogP contribution is 2.22. The predicted molar refractivity (Wildman–Crippen MR) is 84.6 cm³/mol. The van der Waals surface area contributed by atoms with Gasteiger partial charge in [-0.25, -0.2) is 4.68 Å². The Kier molecular flexibility index (Phi) is 4.96. The Labute approximate surface area is 129 Å². The summed E-state index contributed by atoms with van der Waals surface area (Å²) in [7, 11) is 0. The quantitative estimate of drug-likeness (QED) is 0.922. The monoisotopic (exact) mass is 306 g/mol. The third kappa shape index (κ3) is 3.82. The number of anilines is 1. The van der Waals surface area contributed by atoms with E-state index in [0.717, 1.165) is 5.56 Å². The van der Waals surface area contributed by atoms with Crippen molar-refractivity contribution in [3.05, 3.63) is 51.7 Å². The molecular weight excluding hydrogens is 288 g/mol. The van der Waals surface area contributed by atoms with Crippen LogP contribution in [0.1, 0.15) is 32.4 Å². The highest BCUT2D eigenvalue weighted by molar-refractivity contribution is 6.32. The van der Waals surface area contributed by atoms with E-state index in [-0.39, 0.29) is 16.6 Å². The van der Waals surface area contributed by atoms with Crippen molar-refractivity contribution in [1.29, 1.82) is 0 Å². The fourth-order valence-corrected chi connectivity index (χ4v) is 2.21. The van der Waals surface area contributed by atoms with Gasteiger partial charge in [0.1, 0.15) is 5.02 Å². The number of halogens is 1. The Morgan fingerprint density at radius 3 is 2.57 bits per heavy atom. The van der Waals surface area contributed by atoms with Crippen molar-refractivity contribution < 1.29 is 0 Å². The van der Waals surface area contributed by atoms with E-state index < -0.39 is 0 Å². The zero-order chi connectivity index (χ0) is 15.4. The lowest BCUT2D eigenvalue weighted by molar-refractivity contribution is 0.464. The van der Waals surface area contributed by atoms with Crippen LogP contribution in [-0.4, -0.2) is 14.8 Å². The summed E-state index contributed by atoms with van der Waals surface area (Å²) in [6.45, 7) is 6.60. The van der Waals surface area contributed by atoms with Gasteiger partial charge < -0.3 is 5.32 Å². The summed E-state index contributed by atoms with van der Waals surface area (Å²) >= 11 is 6.17. The van der Waals surface area contributed by atoms with Gasteiger partial charge >= 0.3 is 0 Å². The molecule has 112 valence electrons. The predicted octanol–water partition coefficient (Wildman–Crippen LogP) is 3.12. The number of hydrogen-bond donors (Lipinski definition) is 1. The molecule has 0 aliphatic heterocycles. The minimum absolute atomic E-state index is 0.00708. The van der Waals surface area contributed by atoms with E-state index in [4.69, 9.17) is 11.6 Å². The first-order chi connectivity index (χ1) is 9.99. The average Bonchev–Trinajstić information content (AvgIpc) is 2.47. The summed E-state index contributed by atoms with van der Waals surface area (Å²) < 4.78 is 1.40. The molecule has 0 aliphatic carbocycles. The second-order valence-corrected chi connectivity index (χ2v) is 5.78. The fourth-order valence-electron chi connectivity index (χ4n) is 2.01. The minimum Gasteiger partial charge on any atom is -0.376 e. The Hall–Kier alpha value is -1.88. The fraction of sp³-hybridized carbons (Fsp3) is 0.400. The Morgan fingerprint density at radius 1 is 1.29 bits per heavy atom. The van der Waals surface area contributed by atoms with E-state index in [1.165, 1.54) is 4.68 Å². The molecule has 0 aliphatic rings. The zero-order valence-electron chi connectivity index (χ0n) is 12.4. The highest BCUT2D eigenvalue weighted by Gasteiger charge is 2.13. The average molecular weight is 307 g/mol. The molecule has 2 heterocycles. The molecule has 6 heteroatoms. The Balaban J connectivity index is 2.22. The number of hydrogen-bond acceptors (Lipinski definition) is 4. The van der Waals surface area contributed by atoms with Gasteiger partial charge in [0.05, 0.1) is 11.9 Å². The van der Waals surface area contributed by atoms with Gasteiger partial charge in [-0.1, -0.05) is 25.4 Å². The van der Waals surface area contributed by atoms with Crippen LogP contribution in [0.5, 0.6) is 0 Å². The van der Waals surface area contributed by atoms with Crippen LogP contribution in [0.15, 0.2) is 35.5 Å². The van der Waals surface area contributed by atoms with Gasteiger partial charge in [-0.2, -0.15) is 5.10 Å². The van der Waals surface area contributed by atoms with Gasteiger partial charge in [-0.05, 0) is 30.5 Å². The van der Waals surface area contributed by atoms with Crippen LogP contribution < -0.4 is 10.9 Å². The maximum atomic E-state index is 12.2. The van der Waals surface area contributed by atoms with E-state index in [1.807, 2.05) is 32.9 Å². The molecule has 1 atom stereocenters. The van der Waals surface area contributed by atoms with E-state index >= 15 is 0 Å². The van der Waals surface area contributed by atoms with Crippen LogP contribution in [0, 0.1) is 5.92 Å². The first-order valence-electron chi connectivity index (χ1n) is 6.91. The molecule has 0 radical (unpaired) electrons. The molecule has 0 fully saturated rings. The summed E-state index contributed by atoms with van der Waals surface area (Å²) in [6.07, 6.45) is 5.06. The van der Waals surface area contributed by atoms with Gasteiger partial charge in [-0.3, -0.25) is 9.78 Å². The van der Waals surface area contributed by atoms with Crippen molar-refractivity contribution in [3.8, 4) is 0 Å². The maximum Gasteiger partial charge on any atom is 0.287 e. The Bertz CT molecular complexity index is 654. The van der Waals surface area contributed by atoms with Gasteiger partial charge in [-0.15, -0.1) is 0 Å². The number of nitrogens with one attached hydrogen (secondary N) is 1. The molecule has 2 rings (SSSR count). The summed E-state index contributed by atoms with van der Waals surface area (Å²) in [5, 5.41) is 7.56. The molecule has 2 aromatic heterocycles. The lowest BCUT2D eigenvalue weighted by Gasteiger charge is -2.17. The molecule has 0 spiro atoms. The van der Waals surface area contributed by atoms with Gasteiger partial charge in [0, 0.05) is 25.0 Å². The van der Waals surface area contributed by atoms with Gasteiger partial charge in [0.15, 0.2) is 0 Å². The lowest BCUT2D eigenvalue weighted by Crippen LogP contribution is -2.26. The normalized spacial score (nSPS) is 12.4. The zero-order valence-corrected chi connectivity index (χ0v) is 13.1. The molecular formula is C15H19ClN4O. The smallest absolute Gasteiger partial charge is 0.287 e. The van der Waals surface area contributed by atoms with E-state index in [2.05, 4.69) is 15.4 Å². The van der Waals surface area contributed by atoms with Crippen molar-refractivity contribution in [2.75, 3.05) is 5.32 Å². The summed E-state index contributed by atoms with van der Waals surface area (Å²) in [5.41, 5.74) is 1.34. The Morgan fingerprint density at radius 2 is 1.95 bits per heavy atom. The molecule has 0 amide bonds. The second kappa shape index (κ2) is 6.72. The van der Waals surface area contributed by atoms with Crippen molar-refractivity contribution in [2.24, 2.45) is 5.92 Å².